The van der Waals surface area contributed by atoms with Gasteiger partial charge in [0.25, 0.3) is 11.8 Å². The third-order valence-electron chi connectivity index (χ3n) is 7.50. The number of ether oxygens (including phenoxy) is 4. The molecule has 0 aliphatic carbocycles. The summed E-state index contributed by atoms with van der Waals surface area (Å²) in [5.74, 6) is 1.37. The van der Waals surface area contributed by atoms with Crippen molar-refractivity contribution in [3.8, 4) is 17.2 Å². The predicted octanol–water partition coefficient (Wildman–Crippen LogP) is 3.93. The van der Waals surface area contributed by atoms with Crippen molar-refractivity contribution in [3.05, 3.63) is 76.0 Å². The van der Waals surface area contributed by atoms with Gasteiger partial charge in [-0.25, -0.2) is 5.01 Å². The molecule has 3 heterocycles. The molecule has 0 spiro atoms. The number of morpholine rings is 1. The van der Waals surface area contributed by atoms with Crippen molar-refractivity contribution in [1.82, 2.24) is 14.8 Å². The van der Waals surface area contributed by atoms with Crippen molar-refractivity contribution in [2.24, 2.45) is 5.10 Å². The van der Waals surface area contributed by atoms with E-state index in [4.69, 9.17) is 24.0 Å². The van der Waals surface area contributed by atoms with E-state index in [2.05, 4.69) is 4.90 Å². The first-order valence-corrected chi connectivity index (χ1v) is 14.8. The van der Waals surface area contributed by atoms with E-state index in [9.17, 15) is 9.59 Å². The predicted molar refractivity (Wildman–Crippen MR) is 161 cm³/mol. The molecule has 5 rings (SSSR count). The van der Waals surface area contributed by atoms with E-state index in [-0.39, 0.29) is 24.4 Å². The molecule has 1 atom stereocenters. The van der Waals surface area contributed by atoms with Gasteiger partial charge in [0.05, 0.1) is 51.2 Å². The van der Waals surface area contributed by atoms with Crippen molar-refractivity contribution in [3.63, 3.8) is 0 Å². The minimum atomic E-state index is -0.355. The molecule has 3 aromatic rings. The Morgan fingerprint density at radius 3 is 2.43 bits per heavy atom. The minimum Gasteiger partial charge on any atom is -0.497 e. The normalized spacial score (nSPS) is 17.1. The van der Waals surface area contributed by atoms with Gasteiger partial charge in [-0.15, -0.1) is 11.3 Å². The maximum atomic E-state index is 14.0. The van der Waals surface area contributed by atoms with Gasteiger partial charge >= 0.3 is 0 Å². The third kappa shape index (κ3) is 6.75. The van der Waals surface area contributed by atoms with Crippen molar-refractivity contribution in [2.75, 3.05) is 67.3 Å². The van der Waals surface area contributed by atoms with Gasteiger partial charge in [-0.1, -0.05) is 12.1 Å². The van der Waals surface area contributed by atoms with Crippen LogP contribution in [0.2, 0.25) is 0 Å². The molecule has 2 aliphatic heterocycles. The highest BCUT2D eigenvalue weighted by atomic mass is 32.1. The molecule has 10 nitrogen and oxygen atoms in total. The zero-order valence-electron chi connectivity index (χ0n) is 24.2. The lowest BCUT2D eigenvalue weighted by atomic mass is 10.0. The lowest BCUT2D eigenvalue weighted by Crippen LogP contribution is -2.46. The van der Waals surface area contributed by atoms with Crippen LogP contribution in [0.1, 0.15) is 33.3 Å². The molecule has 0 saturated carbocycles. The van der Waals surface area contributed by atoms with E-state index in [1.807, 2.05) is 35.7 Å². The lowest BCUT2D eigenvalue weighted by molar-refractivity contribution is -0.133. The van der Waals surface area contributed by atoms with Gasteiger partial charge in [-0.2, -0.15) is 5.10 Å². The van der Waals surface area contributed by atoms with E-state index >= 15 is 0 Å². The van der Waals surface area contributed by atoms with Gasteiger partial charge in [0.2, 0.25) is 0 Å². The number of hydrogen-bond acceptors (Lipinski definition) is 9. The molecule has 11 heteroatoms. The number of hydrazone groups is 1. The first-order valence-electron chi connectivity index (χ1n) is 13.9. The summed E-state index contributed by atoms with van der Waals surface area (Å²) in [5, 5.41) is 8.32. The number of carbonyl (C=O) groups is 2. The number of benzene rings is 2. The lowest BCUT2D eigenvalue weighted by Gasteiger charge is -2.31. The maximum Gasteiger partial charge on any atom is 0.262 e. The molecule has 2 aromatic carbocycles. The second kappa shape index (κ2) is 13.8. The molecule has 1 unspecified atom stereocenters. The minimum absolute atomic E-state index is 0.111. The first-order chi connectivity index (χ1) is 20.5. The summed E-state index contributed by atoms with van der Waals surface area (Å²) in [4.78, 5) is 32.6. The Balaban J connectivity index is 1.41. The van der Waals surface area contributed by atoms with E-state index in [0.29, 0.717) is 55.5 Å². The van der Waals surface area contributed by atoms with Crippen LogP contribution in [0.4, 0.5) is 0 Å². The zero-order chi connectivity index (χ0) is 29.5. The van der Waals surface area contributed by atoms with Crippen LogP contribution in [0.15, 0.2) is 65.1 Å². The van der Waals surface area contributed by atoms with Crippen molar-refractivity contribution < 1.29 is 28.5 Å². The van der Waals surface area contributed by atoms with Crippen molar-refractivity contribution in [2.45, 2.75) is 12.5 Å². The molecular weight excluding hydrogens is 556 g/mol. The van der Waals surface area contributed by atoms with Crippen molar-refractivity contribution >= 4 is 28.9 Å². The largest absolute Gasteiger partial charge is 0.497 e. The number of thiophene rings is 1. The van der Waals surface area contributed by atoms with Crippen LogP contribution < -0.4 is 14.2 Å². The fourth-order valence-corrected chi connectivity index (χ4v) is 5.86. The average Bonchev–Trinajstić information content (AvgIpc) is 3.74. The summed E-state index contributed by atoms with van der Waals surface area (Å²) in [6.45, 7) is 3.83. The zero-order valence-corrected chi connectivity index (χ0v) is 25.0. The number of hydrogen-bond donors (Lipinski definition) is 0. The molecule has 2 aliphatic rings. The quantitative estimate of drug-likeness (QED) is 0.333. The van der Waals surface area contributed by atoms with Crippen LogP contribution in [-0.4, -0.2) is 99.6 Å². The summed E-state index contributed by atoms with van der Waals surface area (Å²) in [6, 6.07) is 16.2. The second-order valence-corrected chi connectivity index (χ2v) is 11.0. The first kappa shape index (κ1) is 29.6. The number of methoxy groups -OCH3 is 3. The van der Waals surface area contributed by atoms with E-state index in [1.54, 1.807) is 61.8 Å². The number of nitrogens with zero attached hydrogens (tertiary/aromatic N) is 4. The fourth-order valence-electron chi connectivity index (χ4n) is 5.14. The smallest absolute Gasteiger partial charge is 0.262 e. The molecule has 222 valence electrons. The van der Waals surface area contributed by atoms with E-state index in [1.165, 1.54) is 5.01 Å². The maximum absolute atomic E-state index is 14.0. The SMILES string of the molecule is COc1ccc(C(=O)N(CCN2CCOCC2)CC(=O)N2N=C(c3cccs3)CC2c2ccc(OC)c(OC)c2)cc1. The van der Waals surface area contributed by atoms with Crippen molar-refractivity contribution in [1.29, 1.82) is 0 Å². The Morgan fingerprint density at radius 2 is 1.76 bits per heavy atom. The van der Waals surface area contributed by atoms with Crippen LogP contribution in [0.3, 0.4) is 0 Å². The summed E-state index contributed by atoms with van der Waals surface area (Å²) in [6.07, 6.45) is 0.544. The molecule has 42 heavy (non-hydrogen) atoms. The monoisotopic (exact) mass is 592 g/mol. The van der Waals surface area contributed by atoms with Crippen LogP contribution in [0.25, 0.3) is 0 Å². The molecule has 0 radical (unpaired) electrons. The van der Waals surface area contributed by atoms with Gasteiger partial charge < -0.3 is 23.8 Å². The van der Waals surface area contributed by atoms with E-state index < -0.39 is 0 Å². The van der Waals surface area contributed by atoms with Gasteiger partial charge in [-0.05, 0) is 53.4 Å². The highest BCUT2D eigenvalue weighted by Crippen LogP contribution is 2.38. The Hall–Kier alpha value is -3.93. The molecule has 0 N–H and O–H groups in total. The Morgan fingerprint density at radius 1 is 1.00 bits per heavy atom. The highest BCUT2D eigenvalue weighted by Gasteiger charge is 2.35. The molecular formula is C31H36N4O6S. The molecule has 1 saturated heterocycles. The van der Waals surface area contributed by atoms with Gasteiger partial charge in [-0.3, -0.25) is 14.5 Å². The molecule has 0 bridgehead atoms. The van der Waals surface area contributed by atoms with Gasteiger partial charge in [0.1, 0.15) is 12.3 Å². The highest BCUT2D eigenvalue weighted by molar-refractivity contribution is 7.12. The topological polar surface area (TPSA) is 93.1 Å². The molecule has 2 amide bonds. The van der Waals surface area contributed by atoms with Gasteiger partial charge in [0.15, 0.2) is 11.5 Å². The van der Waals surface area contributed by atoms with Crippen LogP contribution in [0, 0.1) is 0 Å². The van der Waals surface area contributed by atoms with Crippen LogP contribution in [0.5, 0.6) is 17.2 Å². The Kier molecular flexibility index (Phi) is 9.73. The summed E-state index contributed by atoms with van der Waals surface area (Å²) >= 11 is 1.58. The summed E-state index contributed by atoms with van der Waals surface area (Å²) in [5.41, 5.74) is 2.20. The number of carbonyl (C=O) groups excluding carboxylic acids is 2. The summed E-state index contributed by atoms with van der Waals surface area (Å²) in [7, 11) is 4.76. The molecule has 1 fully saturated rings. The fraction of sp³-hybridized carbons (Fsp3) is 0.387. The second-order valence-electron chi connectivity index (χ2n) is 10.0. The number of rotatable bonds is 11. The van der Waals surface area contributed by atoms with Crippen LogP contribution >= 0.6 is 11.3 Å². The Bertz CT molecular complexity index is 1390. The average molecular weight is 593 g/mol. The third-order valence-corrected chi connectivity index (χ3v) is 8.42. The van der Waals surface area contributed by atoms with E-state index in [0.717, 1.165) is 29.2 Å². The summed E-state index contributed by atoms with van der Waals surface area (Å²) < 4.78 is 21.7. The Labute approximate surface area is 250 Å². The van der Waals surface area contributed by atoms with Gasteiger partial charge in [0, 0.05) is 38.2 Å². The van der Waals surface area contributed by atoms with Crippen LogP contribution in [-0.2, 0) is 9.53 Å². The number of amides is 2. The standard InChI is InChI=1S/C31H36N4O6S/c1-38-24-9-6-22(7-10-24)31(37)34(13-12-33-14-16-41-17-15-33)21-30(36)35-26(20-25(32-35)29-5-4-18-42-29)23-8-11-27(39-2)28(19-23)40-3/h4-11,18-19,26H,12-17,20-21H2,1-3H3. The molecule has 1 aromatic heterocycles.